The van der Waals surface area contributed by atoms with Crippen LogP contribution < -0.4 is 0 Å². The molecular formula is C18H26N4O2. The van der Waals surface area contributed by atoms with E-state index in [1.807, 2.05) is 16.7 Å². The van der Waals surface area contributed by atoms with Crippen molar-refractivity contribution in [2.45, 2.75) is 58.4 Å². The fraction of sp³-hybridized carbons (Fsp3) is 0.667. The van der Waals surface area contributed by atoms with Crippen LogP contribution in [0.25, 0.3) is 0 Å². The van der Waals surface area contributed by atoms with Gasteiger partial charge in [0.1, 0.15) is 0 Å². The molecule has 0 bridgehead atoms. The van der Waals surface area contributed by atoms with E-state index in [1.165, 1.54) is 6.42 Å². The Morgan fingerprint density at radius 1 is 1.08 bits per heavy atom. The lowest BCUT2D eigenvalue weighted by atomic mass is 10.0. The van der Waals surface area contributed by atoms with Crippen molar-refractivity contribution in [1.29, 1.82) is 0 Å². The van der Waals surface area contributed by atoms with Gasteiger partial charge in [0, 0.05) is 32.8 Å². The van der Waals surface area contributed by atoms with Crippen LogP contribution in [-0.2, 0) is 4.79 Å². The minimum absolute atomic E-state index is 0.0332. The molecule has 0 spiro atoms. The van der Waals surface area contributed by atoms with Crippen molar-refractivity contribution in [3.05, 3.63) is 23.3 Å². The summed E-state index contributed by atoms with van der Waals surface area (Å²) in [6.07, 6.45) is 7.98. The van der Waals surface area contributed by atoms with Gasteiger partial charge < -0.3 is 9.80 Å². The lowest BCUT2D eigenvalue weighted by Gasteiger charge is -2.34. The van der Waals surface area contributed by atoms with Crippen LogP contribution in [0.2, 0.25) is 0 Å². The van der Waals surface area contributed by atoms with E-state index < -0.39 is 0 Å². The third-order valence-corrected chi connectivity index (χ3v) is 5.08. The van der Waals surface area contributed by atoms with Crippen molar-refractivity contribution < 1.29 is 9.59 Å². The van der Waals surface area contributed by atoms with Crippen molar-refractivity contribution in [3.8, 4) is 0 Å². The summed E-state index contributed by atoms with van der Waals surface area (Å²) in [5, 5.41) is 0. The highest BCUT2D eigenvalue weighted by atomic mass is 16.2. The van der Waals surface area contributed by atoms with Gasteiger partial charge in [-0.15, -0.1) is 0 Å². The summed E-state index contributed by atoms with van der Waals surface area (Å²) in [5.41, 5.74) is 1.30. The zero-order valence-electron chi connectivity index (χ0n) is 14.6. The maximum absolute atomic E-state index is 12.7. The second-order valence-electron chi connectivity index (χ2n) is 6.80. The molecule has 2 fully saturated rings. The second-order valence-corrected chi connectivity index (χ2v) is 6.80. The number of aromatic nitrogens is 2. The first kappa shape index (κ1) is 16.9. The average molecular weight is 330 g/mol. The topological polar surface area (TPSA) is 66.4 Å². The maximum atomic E-state index is 12.7. The van der Waals surface area contributed by atoms with Crippen LogP contribution in [0.4, 0.5) is 0 Å². The molecule has 1 aromatic rings. The van der Waals surface area contributed by atoms with Crippen molar-refractivity contribution >= 4 is 11.8 Å². The van der Waals surface area contributed by atoms with Crippen LogP contribution in [0.3, 0.4) is 0 Å². The SMILES string of the molecule is CC(=O)N1CCCCC1c1ncc(C(=O)N2CCCCC2)c(C)n1. The highest BCUT2D eigenvalue weighted by Crippen LogP contribution is 2.29. The molecular weight excluding hydrogens is 304 g/mol. The number of carbonyl (C=O) groups excluding carboxylic acids is 2. The van der Waals surface area contributed by atoms with Crippen molar-refractivity contribution in [2.75, 3.05) is 19.6 Å². The third kappa shape index (κ3) is 3.42. The molecule has 2 amide bonds. The number of hydrogen-bond donors (Lipinski definition) is 0. The second kappa shape index (κ2) is 7.28. The molecule has 1 unspecified atom stereocenters. The molecule has 24 heavy (non-hydrogen) atoms. The summed E-state index contributed by atoms with van der Waals surface area (Å²) in [4.78, 5) is 37.3. The third-order valence-electron chi connectivity index (χ3n) is 5.08. The Morgan fingerprint density at radius 3 is 2.46 bits per heavy atom. The van der Waals surface area contributed by atoms with Gasteiger partial charge in [0.05, 0.1) is 17.3 Å². The smallest absolute Gasteiger partial charge is 0.257 e. The summed E-state index contributed by atoms with van der Waals surface area (Å²) < 4.78 is 0. The molecule has 1 atom stereocenters. The molecule has 2 saturated heterocycles. The molecule has 130 valence electrons. The lowest BCUT2D eigenvalue weighted by molar-refractivity contribution is -0.132. The van der Waals surface area contributed by atoms with Crippen LogP contribution >= 0.6 is 0 Å². The number of piperidine rings is 2. The van der Waals surface area contributed by atoms with Crippen molar-refractivity contribution in [1.82, 2.24) is 19.8 Å². The first-order chi connectivity index (χ1) is 11.6. The van der Waals surface area contributed by atoms with Crippen LogP contribution in [0.5, 0.6) is 0 Å². The molecule has 0 N–H and O–H groups in total. The summed E-state index contributed by atoms with van der Waals surface area (Å²) in [6.45, 7) is 5.86. The van der Waals surface area contributed by atoms with Gasteiger partial charge in [-0.25, -0.2) is 9.97 Å². The minimum Gasteiger partial charge on any atom is -0.339 e. The van der Waals surface area contributed by atoms with E-state index in [1.54, 1.807) is 13.1 Å². The molecule has 0 radical (unpaired) electrons. The van der Waals surface area contributed by atoms with E-state index in [-0.39, 0.29) is 17.9 Å². The number of likely N-dealkylation sites (tertiary alicyclic amines) is 2. The Bertz CT molecular complexity index is 625. The summed E-state index contributed by atoms with van der Waals surface area (Å²) in [5.74, 6) is 0.762. The van der Waals surface area contributed by atoms with Gasteiger partial charge in [-0.3, -0.25) is 9.59 Å². The molecule has 3 rings (SSSR count). The molecule has 3 heterocycles. The van der Waals surface area contributed by atoms with Gasteiger partial charge in [-0.05, 0) is 45.4 Å². The Balaban J connectivity index is 1.81. The van der Waals surface area contributed by atoms with E-state index in [9.17, 15) is 9.59 Å². The van der Waals surface area contributed by atoms with E-state index in [2.05, 4.69) is 9.97 Å². The fourth-order valence-corrected chi connectivity index (χ4v) is 3.70. The average Bonchev–Trinajstić information content (AvgIpc) is 2.62. The molecule has 6 nitrogen and oxygen atoms in total. The molecule has 2 aliphatic rings. The van der Waals surface area contributed by atoms with E-state index >= 15 is 0 Å². The normalized spacial score (nSPS) is 21.7. The van der Waals surface area contributed by atoms with Crippen LogP contribution in [-0.4, -0.2) is 51.2 Å². The Labute approximate surface area is 143 Å². The molecule has 0 saturated carbocycles. The summed E-state index contributed by atoms with van der Waals surface area (Å²) in [6, 6.07) is -0.0610. The quantitative estimate of drug-likeness (QED) is 0.835. The standard InChI is InChI=1S/C18H26N4O2/c1-13-15(18(24)21-9-5-3-6-10-21)12-19-17(20-13)16-8-4-7-11-22(16)14(2)23/h12,16H,3-11H2,1-2H3. The first-order valence-electron chi connectivity index (χ1n) is 8.98. The van der Waals surface area contributed by atoms with Gasteiger partial charge >= 0.3 is 0 Å². The van der Waals surface area contributed by atoms with Gasteiger partial charge in [-0.1, -0.05) is 0 Å². The molecule has 2 aliphatic heterocycles. The number of nitrogens with zero attached hydrogens (tertiary/aromatic N) is 4. The molecule has 0 aliphatic carbocycles. The number of aryl methyl sites for hydroxylation is 1. The van der Waals surface area contributed by atoms with E-state index in [4.69, 9.17) is 0 Å². The van der Waals surface area contributed by atoms with Gasteiger partial charge in [0.2, 0.25) is 5.91 Å². The van der Waals surface area contributed by atoms with Gasteiger partial charge in [-0.2, -0.15) is 0 Å². The Kier molecular flexibility index (Phi) is 5.11. The van der Waals surface area contributed by atoms with E-state index in [0.29, 0.717) is 17.1 Å². The zero-order valence-corrected chi connectivity index (χ0v) is 14.6. The fourth-order valence-electron chi connectivity index (χ4n) is 3.70. The van der Waals surface area contributed by atoms with E-state index in [0.717, 1.165) is 51.7 Å². The van der Waals surface area contributed by atoms with Crippen LogP contribution in [0, 0.1) is 6.92 Å². The largest absolute Gasteiger partial charge is 0.339 e. The van der Waals surface area contributed by atoms with Crippen LogP contribution in [0.1, 0.15) is 73.4 Å². The number of hydrogen-bond acceptors (Lipinski definition) is 4. The maximum Gasteiger partial charge on any atom is 0.257 e. The first-order valence-corrected chi connectivity index (χ1v) is 8.98. The Hall–Kier alpha value is -1.98. The predicted octanol–water partition coefficient (Wildman–Crippen LogP) is 2.48. The minimum atomic E-state index is -0.0610. The monoisotopic (exact) mass is 330 g/mol. The Morgan fingerprint density at radius 2 is 1.79 bits per heavy atom. The predicted molar refractivity (Wildman–Crippen MR) is 90.5 cm³/mol. The van der Waals surface area contributed by atoms with Crippen molar-refractivity contribution in [3.63, 3.8) is 0 Å². The number of carbonyl (C=O) groups is 2. The van der Waals surface area contributed by atoms with Gasteiger partial charge in [0.25, 0.3) is 5.91 Å². The molecule has 0 aromatic carbocycles. The van der Waals surface area contributed by atoms with Crippen molar-refractivity contribution in [2.24, 2.45) is 0 Å². The zero-order chi connectivity index (χ0) is 17.1. The lowest BCUT2D eigenvalue weighted by Crippen LogP contribution is -2.38. The number of rotatable bonds is 2. The molecule has 6 heteroatoms. The summed E-state index contributed by atoms with van der Waals surface area (Å²) >= 11 is 0. The highest BCUT2D eigenvalue weighted by molar-refractivity contribution is 5.95. The van der Waals surface area contributed by atoms with Crippen LogP contribution in [0.15, 0.2) is 6.20 Å². The number of amides is 2. The summed E-state index contributed by atoms with van der Waals surface area (Å²) in [7, 11) is 0. The van der Waals surface area contributed by atoms with Gasteiger partial charge in [0.15, 0.2) is 5.82 Å². The molecule has 1 aromatic heterocycles. The highest BCUT2D eigenvalue weighted by Gasteiger charge is 2.29.